The predicted molar refractivity (Wildman–Crippen MR) is 113 cm³/mol. The number of pyridine rings is 1. The number of nitrogens with one attached hydrogen (secondary N) is 1. The van der Waals surface area contributed by atoms with E-state index in [0.29, 0.717) is 30.2 Å². The van der Waals surface area contributed by atoms with E-state index in [9.17, 15) is 4.79 Å². The summed E-state index contributed by atoms with van der Waals surface area (Å²) in [6, 6.07) is 7.66. The molecule has 4 rings (SSSR count). The van der Waals surface area contributed by atoms with Crippen molar-refractivity contribution < 1.29 is 9.53 Å². The van der Waals surface area contributed by atoms with Gasteiger partial charge in [0, 0.05) is 49.4 Å². The summed E-state index contributed by atoms with van der Waals surface area (Å²) in [5.74, 6) is 0.613. The molecule has 29 heavy (non-hydrogen) atoms. The number of benzene rings is 1. The van der Waals surface area contributed by atoms with Gasteiger partial charge in [-0.15, -0.1) is 0 Å². The van der Waals surface area contributed by atoms with Gasteiger partial charge < -0.3 is 19.9 Å². The predicted octanol–water partition coefficient (Wildman–Crippen LogP) is 2.45. The number of carbonyl (C=O) groups excluding carboxylic acids is 1. The fraction of sp³-hybridized carbons (Fsp3) is 0.500. The van der Waals surface area contributed by atoms with Gasteiger partial charge in [-0.05, 0) is 25.6 Å². The highest BCUT2D eigenvalue weighted by molar-refractivity contribution is 6.00. The van der Waals surface area contributed by atoms with Crippen LogP contribution >= 0.6 is 0 Å². The molecule has 0 saturated carbocycles. The smallest absolute Gasteiger partial charge is 0.253 e. The van der Waals surface area contributed by atoms with Gasteiger partial charge in [0.2, 0.25) is 5.69 Å². The van der Waals surface area contributed by atoms with Gasteiger partial charge in [0.1, 0.15) is 0 Å². The zero-order valence-corrected chi connectivity index (χ0v) is 17.0. The van der Waals surface area contributed by atoms with Gasteiger partial charge in [-0.3, -0.25) is 9.78 Å². The van der Waals surface area contributed by atoms with Crippen LogP contribution in [0.2, 0.25) is 0 Å². The van der Waals surface area contributed by atoms with E-state index in [1.165, 1.54) is 0 Å². The summed E-state index contributed by atoms with van der Waals surface area (Å²) in [5, 5.41) is 4.29. The normalized spacial score (nSPS) is 22.4. The standard InChI is InChI=1S/C22H27N5O2/c1-4-24-10-16-12-27(13-16)22(28)20-14-26(11-15(2)29-20)19-8-7-18(23-3)21-17(19)6-5-9-25-21/h5-9,15-16,20,24H,4,10-14H2,1-2H3/t15-,20-/m1/s1. The number of hydrogen-bond donors (Lipinski definition) is 1. The fourth-order valence-electron chi connectivity index (χ4n) is 4.22. The van der Waals surface area contributed by atoms with Gasteiger partial charge in [-0.25, -0.2) is 4.85 Å². The number of carbonyl (C=O) groups is 1. The topological polar surface area (TPSA) is 62.1 Å². The summed E-state index contributed by atoms with van der Waals surface area (Å²) in [4.78, 5) is 25.1. The summed E-state index contributed by atoms with van der Waals surface area (Å²) in [5.41, 5.74) is 2.25. The Morgan fingerprint density at radius 3 is 2.90 bits per heavy atom. The second kappa shape index (κ2) is 8.36. The summed E-state index contributed by atoms with van der Waals surface area (Å²) >= 11 is 0. The lowest BCUT2D eigenvalue weighted by atomic mass is 9.98. The summed E-state index contributed by atoms with van der Waals surface area (Å²) in [6.45, 7) is 16.2. The van der Waals surface area contributed by atoms with Crippen molar-refractivity contribution in [2.45, 2.75) is 26.1 Å². The Balaban J connectivity index is 1.51. The third-order valence-electron chi connectivity index (χ3n) is 5.67. The average Bonchev–Trinajstić information content (AvgIpc) is 2.71. The Kier molecular flexibility index (Phi) is 5.65. The van der Waals surface area contributed by atoms with Gasteiger partial charge >= 0.3 is 0 Å². The number of rotatable bonds is 5. The number of amides is 1. The molecular formula is C22H27N5O2. The maximum absolute atomic E-state index is 13.0. The molecule has 0 bridgehead atoms. The van der Waals surface area contributed by atoms with Crippen LogP contribution in [0.15, 0.2) is 30.5 Å². The van der Waals surface area contributed by atoms with E-state index >= 15 is 0 Å². The van der Waals surface area contributed by atoms with Gasteiger partial charge in [-0.2, -0.15) is 0 Å². The second-order valence-corrected chi connectivity index (χ2v) is 7.87. The molecule has 7 heteroatoms. The maximum atomic E-state index is 13.0. The van der Waals surface area contributed by atoms with Crippen molar-refractivity contribution in [2.75, 3.05) is 44.2 Å². The Labute approximate surface area is 171 Å². The Hall–Kier alpha value is -2.69. The zero-order chi connectivity index (χ0) is 20.4. The molecule has 0 radical (unpaired) electrons. The molecule has 2 saturated heterocycles. The van der Waals surface area contributed by atoms with E-state index in [2.05, 4.69) is 27.0 Å². The third-order valence-corrected chi connectivity index (χ3v) is 5.67. The van der Waals surface area contributed by atoms with E-state index in [1.54, 1.807) is 6.20 Å². The first kappa shape index (κ1) is 19.6. The second-order valence-electron chi connectivity index (χ2n) is 7.87. The molecule has 2 aliphatic heterocycles. The van der Waals surface area contributed by atoms with Crippen LogP contribution in [0.4, 0.5) is 11.4 Å². The molecule has 0 spiro atoms. The Bertz CT molecular complexity index is 934. The third kappa shape index (κ3) is 3.91. The molecule has 0 aliphatic carbocycles. The first-order chi connectivity index (χ1) is 14.1. The van der Waals surface area contributed by atoms with Crippen LogP contribution in [0.25, 0.3) is 15.7 Å². The number of fused-ring (bicyclic) bond motifs is 1. The van der Waals surface area contributed by atoms with Gasteiger partial charge in [0.25, 0.3) is 5.91 Å². The van der Waals surface area contributed by atoms with Crippen LogP contribution < -0.4 is 10.2 Å². The minimum Gasteiger partial charge on any atom is -0.365 e. The fourth-order valence-corrected chi connectivity index (χ4v) is 4.22. The van der Waals surface area contributed by atoms with E-state index < -0.39 is 6.10 Å². The van der Waals surface area contributed by atoms with Crippen molar-refractivity contribution in [3.05, 3.63) is 41.9 Å². The molecule has 7 nitrogen and oxygen atoms in total. The van der Waals surface area contributed by atoms with Gasteiger partial charge in [-0.1, -0.05) is 19.1 Å². The minimum atomic E-state index is -0.467. The summed E-state index contributed by atoms with van der Waals surface area (Å²) < 4.78 is 6.02. The Morgan fingerprint density at radius 1 is 1.31 bits per heavy atom. The molecule has 2 aromatic rings. The van der Waals surface area contributed by atoms with Crippen LogP contribution in [0.3, 0.4) is 0 Å². The SMILES string of the molecule is [C-]#[N+]c1ccc(N2C[C@@H](C)O[C@@H](C(=O)N3CC(CNCC)C3)C2)c2cccnc12. The van der Waals surface area contributed by atoms with Crippen LogP contribution in [0, 0.1) is 12.5 Å². The maximum Gasteiger partial charge on any atom is 0.253 e. The molecular weight excluding hydrogens is 366 g/mol. The number of likely N-dealkylation sites (tertiary alicyclic amines) is 1. The molecule has 2 atom stereocenters. The lowest BCUT2D eigenvalue weighted by Crippen LogP contribution is -2.60. The monoisotopic (exact) mass is 393 g/mol. The molecule has 1 aromatic carbocycles. The molecule has 0 unspecified atom stereocenters. The molecule has 2 fully saturated rings. The van der Waals surface area contributed by atoms with Crippen LogP contribution in [0.1, 0.15) is 13.8 Å². The highest BCUT2D eigenvalue weighted by Crippen LogP contribution is 2.34. The van der Waals surface area contributed by atoms with E-state index in [-0.39, 0.29) is 12.0 Å². The van der Waals surface area contributed by atoms with Crippen molar-refractivity contribution >= 4 is 28.2 Å². The van der Waals surface area contributed by atoms with Crippen molar-refractivity contribution in [3.8, 4) is 0 Å². The number of nitrogens with zero attached hydrogens (tertiary/aromatic N) is 4. The number of morpholine rings is 1. The van der Waals surface area contributed by atoms with Gasteiger partial charge in [0.15, 0.2) is 6.10 Å². The van der Waals surface area contributed by atoms with Gasteiger partial charge in [0.05, 0.1) is 24.7 Å². The van der Waals surface area contributed by atoms with E-state index in [4.69, 9.17) is 11.3 Å². The molecule has 152 valence electrons. The van der Waals surface area contributed by atoms with Crippen LogP contribution in [-0.2, 0) is 9.53 Å². The van der Waals surface area contributed by atoms with Crippen molar-refractivity contribution in [1.82, 2.24) is 15.2 Å². The van der Waals surface area contributed by atoms with Crippen LogP contribution in [0.5, 0.6) is 0 Å². The zero-order valence-electron chi connectivity index (χ0n) is 17.0. The lowest BCUT2D eigenvalue weighted by Gasteiger charge is -2.44. The summed E-state index contributed by atoms with van der Waals surface area (Å²) in [6.07, 6.45) is 1.19. The number of aromatic nitrogens is 1. The first-order valence-corrected chi connectivity index (χ1v) is 10.3. The van der Waals surface area contributed by atoms with Crippen molar-refractivity contribution in [1.29, 1.82) is 0 Å². The molecule has 1 aromatic heterocycles. The van der Waals surface area contributed by atoms with Crippen molar-refractivity contribution in [3.63, 3.8) is 0 Å². The quantitative estimate of drug-likeness (QED) is 0.791. The molecule has 3 heterocycles. The minimum absolute atomic E-state index is 0.0520. The number of hydrogen-bond acceptors (Lipinski definition) is 5. The lowest BCUT2D eigenvalue weighted by molar-refractivity contribution is -0.154. The number of ether oxygens (including phenoxy) is 1. The highest BCUT2D eigenvalue weighted by Gasteiger charge is 2.38. The molecule has 1 amide bonds. The molecule has 2 aliphatic rings. The van der Waals surface area contributed by atoms with Crippen molar-refractivity contribution in [2.24, 2.45) is 5.92 Å². The first-order valence-electron chi connectivity index (χ1n) is 10.3. The van der Waals surface area contributed by atoms with E-state index in [0.717, 1.165) is 37.3 Å². The summed E-state index contributed by atoms with van der Waals surface area (Å²) in [7, 11) is 0. The number of anilines is 1. The van der Waals surface area contributed by atoms with Crippen LogP contribution in [-0.4, -0.2) is 67.3 Å². The largest absolute Gasteiger partial charge is 0.365 e. The molecule has 1 N–H and O–H groups in total. The highest BCUT2D eigenvalue weighted by atomic mass is 16.5. The Morgan fingerprint density at radius 2 is 2.14 bits per heavy atom. The van der Waals surface area contributed by atoms with E-state index in [1.807, 2.05) is 36.1 Å². The average molecular weight is 393 g/mol.